The maximum atomic E-state index is 12.3. The standard InChI is InChI=1S/C21H16N2O4/c1-13(24)23-12-15(17-8-3-4-9-19(17)23)11-18-21(25)27-20(22-18)14-6-5-7-16(10-14)26-2/h3-12H,1-2H3. The zero-order valence-corrected chi connectivity index (χ0v) is 14.8. The number of fused-ring (bicyclic) bond motifs is 1. The molecule has 27 heavy (non-hydrogen) atoms. The summed E-state index contributed by atoms with van der Waals surface area (Å²) in [5, 5.41) is 0.859. The molecule has 0 saturated carbocycles. The third-order valence-corrected chi connectivity index (χ3v) is 4.31. The van der Waals surface area contributed by atoms with Crippen LogP contribution in [-0.2, 0) is 9.53 Å². The molecule has 0 fully saturated rings. The summed E-state index contributed by atoms with van der Waals surface area (Å²) in [6.45, 7) is 1.49. The van der Waals surface area contributed by atoms with Gasteiger partial charge in [0.2, 0.25) is 11.8 Å². The van der Waals surface area contributed by atoms with Gasteiger partial charge in [-0.15, -0.1) is 0 Å². The molecular formula is C21H16N2O4. The number of benzene rings is 2. The summed E-state index contributed by atoms with van der Waals surface area (Å²) in [5.41, 5.74) is 2.33. The molecule has 0 radical (unpaired) electrons. The number of aliphatic imine (C=N–C) groups is 1. The lowest BCUT2D eigenvalue weighted by Crippen LogP contribution is -2.05. The maximum Gasteiger partial charge on any atom is 0.363 e. The molecule has 134 valence electrons. The summed E-state index contributed by atoms with van der Waals surface area (Å²) in [5.74, 6) is 0.228. The van der Waals surface area contributed by atoms with Gasteiger partial charge in [0.1, 0.15) is 5.75 Å². The Hall–Kier alpha value is -3.67. The van der Waals surface area contributed by atoms with Crippen LogP contribution in [0, 0.1) is 0 Å². The predicted octanol–water partition coefficient (Wildman–Crippen LogP) is 3.65. The van der Waals surface area contributed by atoms with E-state index in [1.54, 1.807) is 48.2 Å². The van der Waals surface area contributed by atoms with Crippen molar-refractivity contribution >= 4 is 34.8 Å². The van der Waals surface area contributed by atoms with Gasteiger partial charge in [0.05, 0.1) is 12.6 Å². The maximum absolute atomic E-state index is 12.3. The molecule has 0 unspecified atom stereocenters. The fraction of sp³-hybridized carbons (Fsp3) is 0.0952. The first-order chi connectivity index (χ1) is 13.1. The van der Waals surface area contributed by atoms with E-state index in [9.17, 15) is 9.59 Å². The van der Waals surface area contributed by atoms with Crippen LogP contribution in [0.1, 0.15) is 22.8 Å². The van der Waals surface area contributed by atoms with Crippen LogP contribution in [0.2, 0.25) is 0 Å². The summed E-state index contributed by atoms with van der Waals surface area (Å²) < 4.78 is 12.1. The summed E-state index contributed by atoms with van der Waals surface area (Å²) in [6, 6.07) is 14.6. The molecule has 1 aromatic heterocycles. The first kappa shape index (κ1) is 16.8. The molecule has 0 spiro atoms. The predicted molar refractivity (Wildman–Crippen MR) is 102 cm³/mol. The Morgan fingerprint density at radius 2 is 2.00 bits per heavy atom. The van der Waals surface area contributed by atoms with Crippen molar-refractivity contribution in [2.24, 2.45) is 4.99 Å². The molecule has 0 atom stereocenters. The van der Waals surface area contributed by atoms with E-state index in [1.807, 2.05) is 24.3 Å². The Bertz CT molecular complexity index is 1140. The molecule has 0 saturated heterocycles. The number of methoxy groups -OCH3 is 1. The number of rotatable bonds is 3. The molecule has 3 aromatic rings. The van der Waals surface area contributed by atoms with E-state index in [1.165, 1.54) is 6.92 Å². The number of carbonyl (C=O) groups is 2. The Morgan fingerprint density at radius 1 is 1.19 bits per heavy atom. The van der Waals surface area contributed by atoms with Crippen molar-refractivity contribution in [2.75, 3.05) is 7.11 Å². The van der Waals surface area contributed by atoms with E-state index in [-0.39, 0.29) is 17.5 Å². The average Bonchev–Trinajstić information content (AvgIpc) is 3.23. The molecule has 0 amide bonds. The summed E-state index contributed by atoms with van der Waals surface area (Å²) >= 11 is 0. The lowest BCUT2D eigenvalue weighted by Gasteiger charge is -2.02. The number of cyclic esters (lactones) is 1. The van der Waals surface area contributed by atoms with E-state index in [2.05, 4.69) is 4.99 Å². The van der Waals surface area contributed by atoms with Crippen LogP contribution in [0.15, 0.2) is 65.4 Å². The minimum absolute atomic E-state index is 0.106. The van der Waals surface area contributed by atoms with Gasteiger partial charge in [-0.05, 0) is 30.3 Å². The second kappa shape index (κ2) is 6.57. The Morgan fingerprint density at radius 3 is 2.78 bits per heavy atom. The Balaban J connectivity index is 1.78. The van der Waals surface area contributed by atoms with Gasteiger partial charge in [-0.3, -0.25) is 9.36 Å². The van der Waals surface area contributed by atoms with Crippen LogP contribution in [0.25, 0.3) is 17.0 Å². The molecule has 0 aliphatic carbocycles. The van der Waals surface area contributed by atoms with Crippen LogP contribution < -0.4 is 4.74 Å². The summed E-state index contributed by atoms with van der Waals surface area (Å²) in [7, 11) is 1.57. The van der Waals surface area contributed by atoms with Crippen LogP contribution in [0.3, 0.4) is 0 Å². The first-order valence-electron chi connectivity index (χ1n) is 8.35. The van der Waals surface area contributed by atoms with Gasteiger partial charge in [0.15, 0.2) is 5.70 Å². The highest BCUT2D eigenvalue weighted by Gasteiger charge is 2.25. The highest BCUT2D eigenvalue weighted by atomic mass is 16.6. The zero-order valence-electron chi connectivity index (χ0n) is 14.8. The number of hydrogen-bond donors (Lipinski definition) is 0. The van der Waals surface area contributed by atoms with Crippen LogP contribution >= 0.6 is 0 Å². The molecule has 0 bridgehead atoms. The van der Waals surface area contributed by atoms with Crippen LogP contribution in [0.5, 0.6) is 5.75 Å². The number of nitrogens with zero attached hydrogens (tertiary/aromatic N) is 2. The molecule has 0 N–H and O–H groups in total. The number of hydrogen-bond acceptors (Lipinski definition) is 5. The Kier molecular flexibility index (Phi) is 4.08. The first-order valence-corrected chi connectivity index (χ1v) is 8.35. The molecule has 1 aliphatic rings. The smallest absolute Gasteiger partial charge is 0.363 e. The second-order valence-corrected chi connectivity index (χ2v) is 6.06. The molecule has 1 aliphatic heterocycles. The van der Waals surface area contributed by atoms with Crippen molar-refractivity contribution in [3.8, 4) is 5.75 Å². The van der Waals surface area contributed by atoms with Crippen molar-refractivity contribution in [2.45, 2.75) is 6.92 Å². The number of aromatic nitrogens is 1. The van der Waals surface area contributed by atoms with Gasteiger partial charge >= 0.3 is 5.97 Å². The minimum atomic E-state index is -0.535. The molecule has 6 nitrogen and oxygen atoms in total. The van der Waals surface area contributed by atoms with E-state index in [4.69, 9.17) is 9.47 Å². The van der Waals surface area contributed by atoms with Crippen molar-refractivity contribution in [3.63, 3.8) is 0 Å². The van der Waals surface area contributed by atoms with Gasteiger partial charge < -0.3 is 9.47 Å². The fourth-order valence-electron chi connectivity index (χ4n) is 3.02. The number of carbonyl (C=O) groups excluding carboxylic acids is 2. The van der Waals surface area contributed by atoms with Crippen LogP contribution in [0.4, 0.5) is 0 Å². The summed E-state index contributed by atoms with van der Waals surface area (Å²) in [6.07, 6.45) is 3.34. The normalized spacial score (nSPS) is 15.1. The van der Waals surface area contributed by atoms with Gasteiger partial charge in [-0.2, -0.15) is 0 Å². The number of esters is 1. The van der Waals surface area contributed by atoms with Crippen LogP contribution in [-0.4, -0.2) is 29.5 Å². The van der Waals surface area contributed by atoms with Crippen molar-refractivity contribution < 1.29 is 19.1 Å². The highest BCUT2D eigenvalue weighted by Crippen LogP contribution is 2.26. The molecular weight excluding hydrogens is 344 g/mol. The van der Waals surface area contributed by atoms with Gasteiger partial charge in [0, 0.05) is 29.6 Å². The highest BCUT2D eigenvalue weighted by molar-refractivity contribution is 6.13. The molecule has 2 heterocycles. The summed E-state index contributed by atoms with van der Waals surface area (Å²) in [4.78, 5) is 28.5. The van der Waals surface area contributed by atoms with E-state index in [0.29, 0.717) is 11.3 Å². The van der Waals surface area contributed by atoms with Gasteiger partial charge in [-0.25, -0.2) is 9.79 Å². The largest absolute Gasteiger partial charge is 0.497 e. The minimum Gasteiger partial charge on any atom is -0.497 e. The van der Waals surface area contributed by atoms with Gasteiger partial charge in [-0.1, -0.05) is 24.3 Å². The third-order valence-electron chi connectivity index (χ3n) is 4.31. The quantitative estimate of drug-likeness (QED) is 0.528. The average molecular weight is 360 g/mol. The SMILES string of the molecule is COc1cccc(C2=NC(=Cc3cn(C(C)=O)c4ccccc34)C(=O)O2)c1. The monoisotopic (exact) mass is 360 g/mol. The Labute approximate surface area is 155 Å². The van der Waals surface area contributed by atoms with E-state index in [0.717, 1.165) is 16.5 Å². The lowest BCUT2D eigenvalue weighted by atomic mass is 10.1. The topological polar surface area (TPSA) is 69.9 Å². The number of para-hydroxylation sites is 1. The van der Waals surface area contributed by atoms with E-state index >= 15 is 0 Å². The lowest BCUT2D eigenvalue weighted by molar-refractivity contribution is -0.129. The third kappa shape index (κ3) is 3.01. The fourth-order valence-corrected chi connectivity index (χ4v) is 3.02. The van der Waals surface area contributed by atoms with Crippen molar-refractivity contribution in [3.05, 3.63) is 71.6 Å². The molecule has 2 aromatic carbocycles. The molecule has 4 rings (SSSR count). The zero-order chi connectivity index (χ0) is 19.0. The molecule has 6 heteroatoms. The van der Waals surface area contributed by atoms with Gasteiger partial charge in [0.25, 0.3) is 0 Å². The van der Waals surface area contributed by atoms with E-state index < -0.39 is 5.97 Å². The number of ether oxygens (including phenoxy) is 2. The second-order valence-electron chi connectivity index (χ2n) is 6.06. The van der Waals surface area contributed by atoms with Crippen molar-refractivity contribution in [1.29, 1.82) is 0 Å². The van der Waals surface area contributed by atoms with Crippen molar-refractivity contribution in [1.82, 2.24) is 4.57 Å².